The monoisotopic (exact) mass is 277 g/mol. The minimum absolute atomic E-state index is 0.208. The second kappa shape index (κ2) is 3.80. The molecule has 1 aliphatic rings. The molecule has 0 aliphatic heterocycles. The minimum Gasteiger partial charge on any atom is -0.324 e. The SMILES string of the molecule is NC(c1cc(Cl)c(Br)cc1F)C1CC1. The maximum absolute atomic E-state index is 13.5. The van der Waals surface area contributed by atoms with E-state index >= 15 is 0 Å². The van der Waals surface area contributed by atoms with Gasteiger partial charge in [0.1, 0.15) is 5.82 Å². The van der Waals surface area contributed by atoms with Gasteiger partial charge in [-0.3, -0.25) is 0 Å². The Hall–Kier alpha value is -0.120. The summed E-state index contributed by atoms with van der Waals surface area (Å²) >= 11 is 9.06. The zero-order valence-electron chi connectivity index (χ0n) is 7.43. The van der Waals surface area contributed by atoms with E-state index in [4.69, 9.17) is 17.3 Å². The third-order valence-electron chi connectivity index (χ3n) is 2.53. The highest BCUT2D eigenvalue weighted by molar-refractivity contribution is 9.10. The molecular formula is C10H10BrClFN. The van der Waals surface area contributed by atoms with Crippen LogP contribution in [0, 0.1) is 11.7 Å². The van der Waals surface area contributed by atoms with E-state index < -0.39 is 0 Å². The highest BCUT2D eigenvalue weighted by Crippen LogP contribution is 2.41. The van der Waals surface area contributed by atoms with Crippen LogP contribution < -0.4 is 5.73 Å². The number of halogens is 3. The van der Waals surface area contributed by atoms with E-state index in [0.29, 0.717) is 21.0 Å². The third-order valence-corrected chi connectivity index (χ3v) is 3.73. The fraction of sp³-hybridized carbons (Fsp3) is 0.400. The molecule has 0 saturated heterocycles. The average Bonchev–Trinajstić information content (AvgIpc) is 2.93. The van der Waals surface area contributed by atoms with E-state index in [1.165, 1.54) is 6.07 Å². The van der Waals surface area contributed by atoms with Crippen LogP contribution in [0.3, 0.4) is 0 Å². The lowest BCUT2D eigenvalue weighted by molar-refractivity contribution is 0.553. The Labute approximate surface area is 95.6 Å². The summed E-state index contributed by atoms with van der Waals surface area (Å²) in [6.07, 6.45) is 2.18. The largest absolute Gasteiger partial charge is 0.324 e. The number of hydrogen-bond donors (Lipinski definition) is 1. The summed E-state index contributed by atoms with van der Waals surface area (Å²) in [7, 11) is 0. The summed E-state index contributed by atoms with van der Waals surface area (Å²) in [5.74, 6) is 0.155. The van der Waals surface area contributed by atoms with Gasteiger partial charge in [0.2, 0.25) is 0 Å². The molecule has 1 fully saturated rings. The predicted octanol–water partition coefficient (Wildman–Crippen LogP) is 3.65. The molecule has 0 bridgehead atoms. The third kappa shape index (κ3) is 1.95. The van der Waals surface area contributed by atoms with Crippen LogP contribution in [0.25, 0.3) is 0 Å². The zero-order chi connectivity index (χ0) is 10.3. The van der Waals surface area contributed by atoms with Crippen molar-refractivity contribution in [3.63, 3.8) is 0 Å². The van der Waals surface area contributed by atoms with Gasteiger partial charge in [-0.15, -0.1) is 0 Å². The van der Waals surface area contributed by atoms with E-state index in [-0.39, 0.29) is 11.9 Å². The van der Waals surface area contributed by atoms with Gasteiger partial charge in [-0.25, -0.2) is 4.39 Å². The molecule has 0 spiro atoms. The Morgan fingerprint density at radius 1 is 1.50 bits per heavy atom. The van der Waals surface area contributed by atoms with E-state index in [2.05, 4.69) is 15.9 Å². The Morgan fingerprint density at radius 2 is 2.14 bits per heavy atom. The topological polar surface area (TPSA) is 26.0 Å². The first-order chi connectivity index (χ1) is 6.59. The van der Waals surface area contributed by atoms with Crippen molar-refractivity contribution < 1.29 is 4.39 Å². The van der Waals surface area contributed by atoms with E-state index in [9.17, 15) is 4.39 Å². The van der Waals surface area contributed by atoms with Crippen LogP contribution >= 0.6 is 27.5 Å². The van der Waals surface area contributed by atoms with Gasteiger partial charge in [0.15, 0.2) is 0 Å². The molecule has 0 radical (unpaired) electrons. The van der Waals surface area contributed by atoms with Gasteiger partial charge in [-0.05, 0) is 46.8 Å². The first-order valence-corrected chi connectivity index (χ1v) is 5.66. The highest BCUT2D eigenvalue weighted by Gasteiger charge is 2.31. The summed E-state index contributed by atoms with van der Waals surface area (Å²) in [6.45, 7) is 0. The van der Waals surface area contributed by atoms with E-state index in [0.717, 1.165) is 12.8 Å². The highest BCUT2D eigenvalue weighted by atomic mass is 79.9. The van der Waals surface area contributed by atoms with Crippen molar-refractivity contribution in [2.45, 2.75) is 18.9 Å². The molecule has 2 N–H and O–H groups in total. The normalized spacial score (nSPS) is 18.3. The van der Waals surface area contributed by atoms with Gasteiger partial charge in [-0.1, -0.05) is 11.6 Å². The number of hydrogen-bond acceptors (Lipinski definition) is 1. The lowest BCUT2D eigenvalue weighted by atomic mass is 10.0. The Morgan fingerprint density at radius 3 is 2.71 bits per heavy atom. The second-order valence-corrected chi connectivity index (χ2v) is 4.91. The predicted molar refractivity (Wildman–Crippen MR) is 58.8 cm³/mol. The molecule has 1 atom stereocenters. The summed E-state index contributed by atoms with van der Waals surface area (Å²) in [5.41, 5.74) is 6.43. The number of benzene rings is 1. The van der Waals surface area contributed by atoms with Crippen LogP contribution in [0.5, 0.6) is 0 Å². The van der Waals surface area contributed by atoms with Gasteiger partial charge in [0.25, 0.3) is 0 Å². The lowest BCUT2D eigenvalue weighted by Gasteiger charge is -2.12. The number of rotatable bonds is 2. The molecule has 4 heteroatoms. The Balaban J connectivity index is 2.36. The van der Waals surface area contributed by atoms with Gasteiger partial charge in [0, 0.05) is 16.1 Å². The van der Waals surface area contributed by atoms with Crippen molar-refractivity contribution in [2.24, 2.45) is 11.7 Å². The zero-order valence-corrected chi connectivity index (χ0v) is 9.78. The molecule has 1 saturated carbocycles. The van der Waals surface area contributed by atoms with Crippen molar-refractivity contribution >= 4 is 27.5 Å². The van der Waals surface area contributed by atoms with Crippen LogP contribution in [-0.2, 0) is 0 Å². The molecule has 2 rings (SSSR count). The first-order valence-electron chi connectivity index (χ1n) is 4.49. The molecule has 14 heavy (non-hydrogen) atoms. The molecule has 1 aromatic rings. The molecule has 0 amide bonds. The molecule has 0 aromatic heterocycles. The van der Waals surface area contributed by atoms with E-state index in [1.807, 2.05) is 0 Å². The minimum atomic E-state index is -0.277. The van der Waals surface area contributed by atoms with E-state index in [1.54, 1.807) is 6.07 Å². The lowest BCUT2D eigenvalue weighted by Crippen LogP contribution is -2.14. The fourth-order valence-corrected chi connectivity index (χ4v) is 1.99. The van der Waals surface area contributed by atoms with Gasteiger partial charge >= 0.3 is 0 Å². The van der Waals surface area contributed by atoms with Crippen LogP contribution in [-0.4, -0.2) is 0 Å². The quantitative estimate of drug-likeness (QED) is 0.821. The van der Waals surface area contributed by atoms with Crippen molar-refractivity contribution in [1.82, 2.24) is 0 Å². The Kier molecular flexibility index (Phi) is 2.82. The average molecular weight is 279 g/mol. The smallest absolute Gasteiger partial charge is 0.129 e. The fourth-order valence-electron chi connectivity index (χ4n) is 1.50. The summed E-state index contributed by atoms with van der Waals surface area (Å²) in [6, 6.07) is 2.78. The van der Waals surface area contributed by atoms with Crippen molar-refractivity contribution in [2.75, 3.05) is 0 Å². The molecule has 1 aromatic carbocycles. The molecule has 1 unspecified atom stereocenters. The molecular weight excluding hydrogens is 268 g/mol. The standard InChI is InChI=1S/C10H10BrClFN/c11-7-4-9(13)6(3-8(7)12)10(14)5-1-2-5/h3-5,10H,1-2,14H2. The van der Waals surface area contributed by atoms with Gasteiger partial charge in [0.05, 0.1) is 5.02 Å². The van der Waals surface area contributed by atoms with Crippen LogP contribution in [0.15, 0.2) is 16.6 Å². The first kappa shape index (κ1) is 10.4. The molecule has 1 aliphatic carbocycles. The summed E-state index contributed by atoms with van der Waals surface area (Å²) < 4.78 is 14.1. The van der Waals surface area contributed by atoms with Crippen LogP contribution in [0.2, 0.25) is 5.02 Å². The van der Waals surface area contributed by atoms with Gasteiger partial charge < -0.3 is 5.73 Å². The van der Waals surface area contributed by atoms with Crippen molar-refractivity contribution in [3.8, 4) is 0 Å². The second-order valence-electron chi connectivity index (χ2n) is 3.65. The maximum Gasteiger partial charge on any atom is 0.129 e. The molecule has 1 nitrogen and oxygen atoms in total. The van der Waals surface area contributed by atoms with Crippen molar-refractivity contribution in [3.05, 3.63) is 33.0 Å². The summed E-state index contributed by atoms with van der Waals surface area (Å²) in [4.78, 5) is 0. The maximum atomic E-state index is 13.5. The van der Waals surface area contributed by atoms with Gasteiger partial charge in [-0.2, -0.15) is 0 Å². The molecule has 0 heterocycles. The van der Waals surface area contributed by atoms with Crippen LogP contribution in [0.4, 0.5) is 4.39 Å². The van der Waals surface area contributed by atoms with Crippen molar-refractivity contribution in [1.29, 1.82) is 0 Å². The summed E-state index contributed by atoms with van der Waals surface area (Å²) in [5, 5.41) is 0.512. The van der Waals surface area contributed by atoms with Crippen LogP contribution in [0.1, 0.15) is 24.4 Å². The molecule has 76 valence electrons. The Bertz CT molecular complexity index is 365. The number of nitrogens with two attached hydrogens (primary N) is 1.